The van der Waals surface area contributed by atoms with Crippen LogP contribution in [0.5, 0.6) is 0 Å². The number of hydrogen-bond donors (Lipinski definition) is 2. The highest BCUT2D eigenvalue weighted by atomic mass is 14.9. The van der Waals surface area contributed by atoms with Crippen molar-refractivity contribution in [2.45, 2.75) is 39.0 Å². The Morgan fingerprint density at radius 1 is 1.20 bits per heavy atom. The fourth-order valence-electron chi connectivity index (χ4n) is 2.64. The van der Waals surface area contributed by atoms with E-state index in [0.717, 1.165) is 17.8 Å². The summed E-state index contributed by atoms with van der Waals surface area (Å²) in [6.45, 7) is 7.36. The van der Waals surface area contributed by atoms with Crippen LogP contribution >= 0.6 is 0 Å². The normalized spacial score (nSPS) is 25.4. The Morgan fingerprint density at radius 3 is 2.60 bits per heavy atom. The summed E-state index contributed by atoms with van der Waals surface area (Å²) in [5, 5.41) is 7.06. The Hall–Kier alpha value is -0.0800. The van der Waals surface area contributed by atoms with E-state index in [1.165, 1.54) is 58.3 Å². The summed E-state index contributed by atoms with van der Waals surface area (Å²) in [6, 6.07) is 0. The Bertz CT molecular complexity index is 171. The minimum absolute atomic E-state index is 0.915. The first kappa shape index (κ1) is 11.4. The quantitative estimate of drug-likeness (QED) is 0.655. The van der Waals surface area contributed by atoms with E-state index < -0.39 is 0 Å². The maximum atomic E-state index is 3.63. The molecule has 1 heterocycles. The van der Waals surface area contributed by atoms with Gasteiger partial charge in [0.05, 0.1) is 0 Å². The highest BCUT2D eigenvalue weighted by Gasteiger charge is 2.27. The van der Waals surface area contributed by atoms with E-state index in [1.807, 2.05) is 0 Å². The molecule has 2 aliphatic rings. The molecule has 1 unspecified atom stereocenters. The molecule has 1 aliphatic heterocycles. The average molecular weight is 210 g/mol. The van der Waals surface area contributed by atoms with Gasteiger partial charge in [-0.1, -0.05) is 6.92 Å². The molecule has 2 nitrogen and oxygen atoms in total. The van der Waals surface area contributed by atoms with Gasteiger partial charge in [-0.15, -0.1) is 0 Å². The molecule has 2 rings (SSSR count). The lowest BCUT2D eigenvalue weighted by atomic mass is 9.94. The molecule has 88 valence electrons. The van der Waals surface area contributed by atoms with Gasteiger partial charge < -0.3 is 10.6 Å². The van der Waals surface area contributed by atoms with E-state index in [2.05, 4.69) is 17.6 Å². The molecule has 0 amide bonds. The molecule has 0 spiro atoms. The van der Waals surface area contributed by atoms with Crippen molar-refractivity contribution in [3.63, 3.8) is 0 Å². The van der Waals surface area contributed by atoms with Crippen molar-refractivity contribution >= 4 is 0 Å². The van der Waals surface area contributed by atoms with E-state index in [9.17, 15) is 0 Å². The summed E-state index contributed by atoms with van der Waals surface area (Å²) in [7, 11) is 0. The molecular weight excluding hydrogens is 184 g/mol. The molecule has 1 saturated heterocycles. The van der Waals surface area contributed by atoms with Gasteiger partial charge in [0, 0.05) is 0 Å². The third-order valence-corrected chi connectivity index (χ3v) is 4.08. The standard InChI is InChI=1S/C13H26N2/c1-11(13-2-3-13)10-15-9-6-12-4-7-14-8-5-12/h11-15H,2-10H2,1H3. The Kier molecular flexibility index (Phi) is 4.45. The van der Waals surface area contributed by atoms with Crippen LogP contribution in [0.3, 0.4) is 0 Å². The lowest BCUT2D eigenvalue weighted by Gasteiger charge is -2.22. The summed E-state index contributed by atoms with van der Waals surface area (Å²) in [5.41, 5.74) is 0. The zero-order valence-corrected chi connectivity index (χ0v) is 10.1. The predicted molar refractivity (Wildman–Crippen MR) is 65.0 cm³/mol. The highest BCUT2D eigenvalue weighted by Crippen LogP contribution is 2.36. The Balaban J connectivity index is 1.46. The van der Waals surface area contributed by atoms with Gasteiger partial charge in [0.2, 0.25) is 0 Å². The maximum absolute atomic E-state index is 3.63. The van der Waals surface area contributed by atoms with Gasteiger partial charge in [-0.3, -0.25) is 0 Å². The minimum Gasteiger partial charge on any atom is -0.317 e. The first-order valence-corrected chi connectivity index (χ1v) is 6.77. The second-order valence-corrected chi connectivity index (χ2v) is 5.50. The number of hydrogen-bond acceptors (Lipinski definition) is 2. The SMILES string of the molecule is CC(CNCCC1CCNCC1)C1CC1. The second-order valence-electron chi connectivity index (χ2n) is 5.50. The van der Waals surface area contributed by atoms with Gasteiger partial charge in [0.1, 0.15) is 0 Å². The van der Waals surface area contributed by atoms with E-state index >= 15 is 0 Å². The van der Waals surface area contributed by atoms with Crippen LogP contribution in [0.15, 0.2) is 0 Å². The Morgan fingerprint density at radius 2 is 1.93 bits per heavy atom. The minimum atomic E-state index is 0.915. The van der Waals surface area contributed by atoms with Gasteiger partial charge in [-0.25, -0.2) is 0 Å². The number of nitrogens with one attached hydrogen (secondary N) is 2. The van der Waals surface area contributed by atoms with Crippen LogP contribution in [0.4, 0.5) is 0 Å². The molecule has 0 radical (unpaired) electrons. The molecule has 1 aliphatic carbocycles. The molecule has 2 fully saturated rings. The molecule has 0 aromatic heterocycles. The van der Waals surface area contributed by atoms with Crippen molar-refractivity contribution in [2.75, 3.05) is 26.2 Å². The van der Waals surface area contributed by atoms with E-state index in [4.69, 9.17) is 0 Å². The van der Waals surface area contributed by atoms with E-state index in [1.54, 1.807) is 0 Å². The van der Waals surface area contributed by atoms with Gasteiger partial charge in [0.25, 0.3) is 0 Å². The lowest BCUT2D eigenvalue weighted by molar-refractivity contribution is 0.342. The van der Waals surface area contributed by atoms with Crippen molar-refractivity contribution in [1.82, 2.24) is 10.6 Å². The fraction of sp³-hybridized carbons (Fsp3) is 1.00. The summed E-state index contributed by atoms with van der Waals surface area (Å²) < 4.78 is 0. The van der Waals surface area contributed by atoms with E-state index in [-0.39, 0.29) is 0 Å². The molecule has 1 saturated carbocycles. The molecule has 2 heteroatoms. The van der Waals surface area contributed by atoms with Crippen LogP contribution in [0.1, 0.15) is 39.0 Å². The van der Waals surface area contributed by atoms with Crippen LogP contribution in [-0.4, -0.2) is 26.2 Å². The van der Waals surface area contributed by atoms with Gasteiger partial charge in [-0.05, 0) is 76.0 Å². The van der Waals surface area contributed by atoms with Crippen molar-refractivity contribution in [1.29, 1.82) is 0 Å². The highest BCUT2D eigenvalue weighted by molar-refractivity contribution is 4.80. The van der Waals surface area contributed by atoms with Gasteiger partial charge in [-0.2, -0.15) is 0 Å². The fourth-order valence-corrected chi connectivity index (χ4v) is 2.64. The molecule has 0 aromatic carbocycles. The van der Waals surface area contributed by atoms with Crippen LogP contribution in [-0.2, 0) is 0 Å². The van der Waals surface area contributed by atoms with Gasteiger partial charge in [0.15, 0.2) is 0 Å². The smallest absolute Gasteiger partial charge is 0.00205 e. The summed E-state index contributed by atoms with van der Waals surface area (Å²) >= 11 is 0. The summed E-state index contributed by atoms with van der Waals surface area (Å²) in [6.07, 6.45) is 7.13. The monoisotopic (exact) mass is 210 g/mol. The first-order valence-electron chi connectivity index (χ1n) is 6.77. The predicted octanol–water partition coefficient (Wildman–Crippen LogP) is 2.01. The molecular formula is C13H26N2. The van der Waals surface area contributed by atoms with Gasteiger partial charge >= 0.3 is 0 Å². The molecule has 1 atom stereocenters. The zero-order chi connectivity index (χ0) is 10.5. The second kappa shape index (κ2) is 5.86. The molecule has 0 bridgehead atoms. The largest absolute Gasteiger partial charge is 0.317 e. The third-order valence-electron chi connectivity index (χ3n) is 4.08. The van der Waals surface area contributed by atoms with Crippen molar-refractivity contribution in [3.8, 4) is 0 Å². The third kappa shape index (κ3) is 4.12. The van der Waals surface area contributed by atoms with E-state index in [0.29, 0.717) is 0 Å². The molecule has 15 heavy (non-hydrogen) atoms. The lowest BCUT2D eigenvalue weighted by Crippen LogP contribution is -2.30. The topological polar surface area (TPSA) is 24.1 Å². The number of piperidine rings is 1. The number of rotatable bonds is 6. The maximum Gasteiger partial charge on any atom is -0.00205 e. The first-order chi connectivity index (χ1) is 7.36. The molecule has 0 aromatic rings. The zero-order valence-electron chi connectivity index (χ0n) is 10.1. The average Bonchev–Trinajstić information content (AvgIpc) is 3.09. The van der Waals surface area contributed by atoms with Crippen molar-refractivity contribution < 1.29 is 0 Å². The van der Waals surface area contributed by atoms with Crippen LogP contribution in [0.2, 0.25) is 0 Å². The Labute approximate surface area is 94.2 Å². The van der Waals surface area contributed by atoms with Crippen LogP contribution in [0.25, 0.3) is 0 Å². The summed E-state index contributed by atoms with van der Waals surface area (Å²) in [4.78, 5) is 0. The van der Waals surface area contributed by atoms with Crippen molar-refractivity contribution in [2.24, 2.45) is 17.8 Å². The van der Waals surface area contributed by atoms with Crippen molar-refractivity contribution in [3.05, 3.63) is 0 Å². The molecule has 2 N–H and O–H groups in total. The van der Waals surface area contributed by atoms with Crippen LogP contribution < -0.4 is 10.6 Å². The summed E-state index contributed by atoms with van der Waals surface area (Å²) in [5.74, 6) is 2.95. The van der Waals surface area contributed by atoms with Crippen LogP contribution in [0, 0.1) is 17.8 Å².